The van der Waals surface area contributed by atoms with Gasteiger partial charge in [0, 0.05) is 16.1 Å². The van der Waals surface area contributed by atoms with Gasteiger partial charge in [-0.3, -0.25) is 4.79 Å². The highest BCUT2D eigenvalue weighted by atomic mass is 32.1. The third-order valence-corrected chi connectivity index (χ3v) is 3.29. The van der Waals surface area contributed by atoms with Crippen LogP contribution in [0.2, 0.25) is 0 Å². The highest BCUT2D eigenvalue weighted by molar-refractivity contribution is 7.13. The maximum atomic E-state index is 11.6. The minimum atomic E-state index is -0.508. The van der Waals surface area contributed by atoms with Crippen molar-refractivity contribution in [2.45, 2.75) is 13.0 Å². The Balaban J connectivity index is 2.32. The Kier molecular flexibility index (Phi) is 3.56. The number of anilines is 1. The first-order chi connectivity index (χ1) is 8.18. The summed E-state index contributed by atoms with van der Waals surface area (Å²) in [7, 11) is 0. The summed E-state index contributed by atoms with van der Waals surface area (Å²) in [6.45, 7) is 1.67. The molecule has 1 heterocycles. The lowest BCUT2D eigenvalue weighted by molar-refractivity contribution is -0.117. The Morgan fingerprint density at radius 3 is 2.71 bits per heavy atom. The lowest BCUT2D eigenvalue weighted by Gasteiger charge is -2.11. The molecule has 1 amide bonds. The van der Waals surface area contributed by atoms with E-state index in [2.05, 4.69) is 5.32 Å². The molecule has 0 aliphatic carbocycles. The van der Waals surface area contributed by atoms with E-state index in [1.165, 1.54) is 0 Å². The number of hydrogen-bond acceptors (Lipinski definition) is 3. The van der Waals surface area contributed by atoms with Gasteiger partial charge in [0.15, 0.2) is 0 Å². The van der Waals surface area contributed by atoms with Crippen LogP contribution in [0, 0.1) is 0 Å². The number of thiophene rings is 1. The van der Waals surface area contributed by atoms with Crippen LogP contribution in [0.15, 0.2) is 41.8 Å². The number of benzene rings is 1. The number of nitrogens with two attached hydrogens (primary N) is 1. The summed E-state index contributed by atoms with van der Waals surface area (Å²) in [4.78, 5) is 12.7. The molecule has 2 aromatic rings. The number of hydrogen-bond donors (Lipinski definition) is 2. The quantitative estimate of drug-likeness (QED) is 0.874. The van der Waals surface area contributed by atoms with Gasteiger partial charge in [0.25, 0.3) is 0 Å². The van der Waals surface area contributed by atoms with Gasteiger partial charge in [-0.05, 0) is 24.4 Å². The molecule has 17 heavy (non-hydrogen) atoms. The summed E-state index contributed by atoms with van der Waals surface area (Å²) in [5.74, 6) is -0.172. The Hall–Kier alpha value is -1.65. The topological polar surface area (TPSA) is 55.1 Å². The van der Waals surface area contributed by atoms with Gasteiger partial charge in [0.1, 0.15) is 0 Å². The number of carbonyl (C=O) groups excluding carboxylic acids is 1. The zero-order valence-electron chi connectivity index (χ0n) is 9.51. The lowest BCUT2D eigenvalue weighted by Crippen LogP contribution is -2.32. The first-order valence-electron chi connectivity index (χ1n) is 5.38. The lowest BCUT2D eigenvalue weighted by atomic mass is 10.1. The van der Waals surface area contributed by atoms with Crippen molar-refractivity contribution in [3.8, 4) is 10.4 Å². The molecule has 1 atom stereocenters. The van der Waals surface area contributed by atoms with Crippen LogP contribution in [-0.2, 0) is 4.79 Å². The zero-order chi connectivity index (χ0) is 12.3. The van der Waals surface area contributed by atoms with Crippen molar-refractivity contribution >= 4 is 22.9 Å². The van der Waals surface area contributed by atoms with Gasteiger partial charge in [0.2, 0.25) is 5.91 Å². The molecule has 0 saturated heterocycles. The first-order valence-corrected chi connectivity index (χ1v) is 6.26. The van der Waals surface area contributed by atoms with Gasteiger partial charge >= 0.3 is 0 Å². The molecule has 0 bridgehead atoms. The summed E-state index contributed by atoms with van der Waals surface area (Å²) in [6, 6.07) is 11.2. The third-order valence-electron chi connectivity index (χ3n) is 2.39. The standard InChI is InChI=1S/C13H14N2OS/c1-9(14)13(16)15-11-6-3-2-5-10(11)12-7-4-8-17-12/h2-9H,14H2,1H3,(H,15,16)/t9-/m0/s1. The predicted octanol–water partition coefficient (Wildman–Crippen LogP) is 2.70. The van der Waals surface area contributed by atoms with Crippen molar-refractivity contribution in [1.82, 2.24) is 0 Å². The first kappa shape index (κ1) is 11.8. The molecule has 0 spiro atoms. The summed E-state index contributed by atoms with van der Waals surface area (Å²) in [5, 5.41) is 4.85. The molecule has 0 aliphatic rings. The summed E-state index contributed by atoms with van der Waals surface area (Å²) >= 11 is 1.64. The number of rotatable bonds is 3. The van der Waals surface area contributed by atoms with Crippen LogP contribution in [0.4, 0.5) is 5.69 Å². The molecule has 88 valence electrons. The van der Waals surface area contributed by atoms with Crippen LogP contribution in [0.3, 0.4) is 0 Å². The highest BCUT2D eigenvalue weighted by Crippen LogP contribution is 2.31. The molecule has 3 nitrogen and oxygen atoms in total. The third kappa shape index (κ3) is 2.72. The molecule has 0 saturated carbocycles. The van der Waals surface area contributed by atoms with Crippen molar-refractivity contribution in [3.05, 3.63) is 41.8 Å². The van der Waals surface area contributed by atoms with Crippen LogP contribution in [0.5, 0.6) is 0 Å². The molecule has 1 aromatic carbocycles. The van der Waals surface area contributed by atoms with E-state index in [-0.39, 0.29) is 5.91 Å². The summed E-state index contributed by atoms with van der Waals surface area (Å²) < 4.78 is 0. The normalized spacial score (nSPS) is 12.1. The molecule has 3 N–H and O–H groups in total. The maximum Gasteiger partial charge on any atom is 0.241 e. The van der Waals surface area contributed by atoms with E-state index in [4.69, 9.17) is 5.73 Å². The molecule has 1 aromatic heterocycles. The molecule has 0 aliphatic heterocycles. The fourth-order valence-electron chi connectivity index (χ4n) is 1.49. The average molecular weight is 246 g/mol. The van der Waals surface area contributed by atoms with E-state index in [0.717, 1.165) is 16.1 Å². The SMILES string of the molecule is C[C@H](N)C(=O)Nc1ccccc1-c1cccs1. The van der Waals surface area contributed by atoms with Crippen LogP contribution < -0.4 is 11.1 Å². The van der Waals surface area contributed by atoms with E-state index in [1.54, 1.807) is 18.3 Å². The molecule has 0 unspecified atom stereocenters. The number of para-hydroxylation sites is 1. The van der Waals surface area contributed by atoms with E-state index >= 15 is 0 Å². The average Bonchev–Trinajstić information content (AvgIpc) is 2.83. The maximum absolute atomic E-state index is 11.6. The van der Waals surface area contributed by atoms with Gasteiger partial charge in [-0.2, -0.15) is 0 Å². The van der Waals surface area contributed by atoms with Gasteiger partial charge in [-0.25, -0.2) is 0 Å². The van der Waals surface area contributed by atoms with Crippen molar-refractivity contribution in [2.75, 3.05) is 5.32 Å². The molecule has 4 heteroatoms. The van der Waals surface area contributed by atoms with Crippen molar-refractivity contribution in [2.24, 2.45) is 5.73 Å². The predicted molar refractivity (Wildman–Crippen MR) is 72.0 cm³/mol. The van der Waals surface area contributed by atoms with Crippen LogP contribution in [-0.4, -0.2) is 11.9 Å². The van der Waals surface area contributed by atoms with E-state index in [1.807, 2.05) is 41.8 Å². The van der Waals surface area contributed by atoms with E-state index in [0.29, 0.717) is 0 Å². The van der Waals surface area contributed by atoms with E-state index in [9.17, 15) is 4.79 Å². The van der Waals surface area contributed by atoms with Crippen molar-refractivity contribution in [1.29, 1.82) is 0 Å². The molecule has 0 fully saturated rings. The molecular weight excluding hydrogens is 232 g/mol. The fourth-order valence-corrected chi connectivity index (χ4v) is 2.25. The number of carbonyl (C=O) groups is 1. The van der Waals surface area contributed by atoms with Gasteiger partial charge in [-0.15, -0.1) is 11.3 Å². The summed E-state index contributed by atoms with van der Waals surface area (Å²) in [5.41, 5.74) is 7.37. The second kappa shape index (κ2) is 5.12. The molecular formula is C13H14N2OS. The zero-order valence-corrected chi connectivity index (χ0v) is 10.3. The Labute approximate surface area is 104 Å². The second-order valence-corrected chi connectivity index (χ2v) is 4.75. The largest absolute Gasteiger partial charge is 0.324 e. The van der Waals surface area contributed by atoms with Gasteiger partial charge in [0.05, 0.1) is 6.04 Å². The minimum Gasteiger partial charge on any atom is -0.324 e. The summed E-state index contributed by atoms with van der Waals surface area (Å²) in [6.07, 6.45) is 0. The van der Waals surface area contributed by atoms with Crippen molar-refractivity contribution in [3.63, 3.8) is 0 Å². The monoisotopic (exact) mass is 246 g/mol. The highest BCUT2D eigenvalue weighted by Gasteiger charge is 2.11. The molecule has 0 radical (unpaired) electrons. The Bertz CT molecular complexity index is 506. The Morgan fingerprint density at radius 2 is 2.06 bits per heavy atom. The number of nitrogens with one attached hydrogen (secondary N) is 1. The Morgan fingerprint density at radius 1 is 1.29 bits per heavy atom. The van der Waals surface area contributed by atoms with Crippen LogP contribution in [0.25, 0.3) is 10.4 Å². The minimum absolute atomic E-state index is 0.172. The smallest absolute Gasteiger partial charge is 0.241 e. The van der Waals surface area contributed by atoms with Gasteiger partial charge < -0.3 is 11.1 Å². The van der Waals surface area contributed by atoms with Crippen LogP contribution >= 0.6 is 11.3 Å². The number of amides is 1. The fraction of sp³-hybridized carbons (Fsp3) is 0.154. The molecule has 2 rings (SSSR count). The van der Waals surface area contributed by atoms with Gasteiger partial charge in [-0.1, -0.05) is 24.3 Å². The van der Waals surface area contributed by atoms with Crippen molar-refractivity contribution < 1.29 is 4.79 Å². The van der Waals surface area contributed by atoms with E-state index < -0.39 is 6.04 Å². The van der Waals surface area contributed by atoms with Crippen LogP contribution in [0.1, 0.15) is 6.92 Å². The second-order valence-electron chi connectivity index (χ2n) is 3.80.